The third-order valence-electron chi connectivity index (χ3n) is 6.59. The first kappa shape index (κ1) is 28.4. The Morgan fingerprint density at radius 3 is 2.55 bits per heavy atom. The number of imide groups is 1. The van der Waals surface area contributed by atoms with Crippen molar-refractivity contribution in [2.24, 2.45) is 0 Å². The highest BCUT2D eigenvalue weighted by Crippen LogP contribution is 2.39. The van der Waals surface area contributed by atoms with Crippen LogP contribution in [0.4, 0.5) is 4.79 Å². The number of carbonyl (C=O) groups excluding carboxylic acids is 3. The largest absolute Gasteiger partial charge is 0.493 e. The fraction of sp³-hybridized carbons (Fsp3) is 0.207. The summed E-state index contributed by atoms with van der Waals surface area (Å²) in [6.07, 6.45) is 2.28. The third kappa shape index (κ3) is 6.10. The molecule has 3 amide bonds. The van der Waals surface area contributed by atoms with E-state index in [0.29, 0.717) is 45.8 Å². The van der Waals surface area contributed by atoms with Crippen LogP contribution in [0.15, 0.2) is 59.5 Å². The lowest BCUT2D eigenvalue weighted by molar-refractivity contribution is -0.136. The lowest BCUT2D eigenvalue weighted by atomic mass is 10.00. The Balaban J connectivity index is 1.28. The van der Waals surface area contributed by atoms with E-state index < -0.39 is 11.1 Å². The first-order valence-corrected chi connectivity index (χ1v) is 14.2. The van der Waals surface area contributed by atoms with Crippen molar-refractivity contribution in [2.75, 3.05) is 20.2 Å². The molecule has 0 unspecified atom stereocenters. The van der Waals surface area contributed by atoms with Crippen molar-refractivity contribution in [3.8, 4) is 11.5 Å². The number of hydrogen-bond donors (Lipinski definition) is 0. The van der Waals surface area contributed by atoms with Crippen LogP contribution in [0.3, 0.4) is 0 Å². The van der Waals surface area contributed by atoms with Crippen molar-refractivity contribution >= 4 is 69.7 Å². The topological polar surface area (TPSA) is 76.2 Å². The van der Waals surface area contributed by atoms with Crippen LogP contribution < -0.4 is 9.47 Å². The third-order valence-corrected chi connectivity index (χ3v) is 8.36. The predicted octanol–water partition coefficient (Wildman–Crippen LogP) is 6.86. The van der Waals surface area contributed by atoms with E-state index in [2.05, 4.69) is 0 Å². The first-order chi connectivity index (χ1) is 19.2. The Kier molecular flexibility index (Phi) is 8.61. The van der Waals surface area contributed by atoms with Crippen molar-refractivity contribution in [1.29, 1.82) is 0 Å². The number of carbonyl (C=O) groups is 3. The highest BCUT2D eigenvalue weighted by atomic mass is 35.5. The second-order valence-electron chi connectivity index (χ2n) is 9.16. The molecule has 2 aliphatic heterocycles. The average molecular weight is 618 g/mol. The van der Waals surface area contributed by atoms with Crippen LogP contribution in [0.2, 0.25) is 15.1 Å². The number of rotatable bonds is 7. The van der Waals surface area contributed by atoms with Gasteiger partial charge in [-0.2, -0.15) is 0 Å². The minimum atomic E-state index is -0.534. The molecular formula is C29H23Cl3N2O5S. The van der Waals surface area contributed by atoms with E-state index in [9.17, 15) is 14.4 Å². The van der Waals surface area contributed by atoms with E-state index in [1.807, 2.05) is 24.3 Å². The molecule has 0 atom stereocenters. The molecule has 3 aromatic carbocycles. The molecule has 40 heavy (non-hydrogen) atoms. The van der Waals surface area contributed by atoms with E-state index in [0.717, 1.165) is 28.6 Å². The van der Waals surface area contributed by atoms with E-state index in [4.69, 9.17) is 44.3 Å². The minimum Gasteiger partial charge on any atom is -0.493 e. The SMILES string of the molecule is COc1cc(/C=C2\SC(=O)N(CC(=O)N3CCc4ccccc4C3)C2=O)cc(Cl)c1OCc1ccc(Cl)cc1Cl. The number of nitrogens with zero attached hydrogens (tertiary/aromatic N) is 2. The Labute approximate surface area is 250 Å². The number of benzene rings is 3. The number of halogens is 3. The Morgan fingerprint density at radius 2 is 1.80 bits per heavy atom. The van der Waals surface area contributed by atoms with Crippen LogP contribution in [-0.2, 0) is 29.2 Å². The van der Waals surface area contributed by atoms with E-state index >= 15 is 0 Å². The average Bonchev–Trinajstić information content (AvgIpc) is 3.19. The normalized spacial score (nSPS) is 15.9. The molecule has 3 aromatic rings. The van der Waals surface area contributed by atoms with Crippen LogP contribution in [0.1, 0.15) is 22.3 Å². The van der Waals surface area contributed by atoms with Gasteiger partial charge < -0.3 is 14.4 Å². The van der Waals surface area contributed by atoms with Gasteiger partial charge in [0, 0.05) is 28.7 Å². The molecule has 0 spiro atoms. The highest BCUT2D eigenvalue weighted by molar-refractivity contribution is 8.18. The summed E-state index contributed by atoms with van der Waals surface area (Å²) in [5, 5.41) is 0.716. The molecule has 0 aromatic heterocycles. The maximum absolute atomic E-state index is 13.1. The second kappa shape index (κ2) is 12.1. The molecule has 5 rings (SSSR count). The van der Waals surface area contributed by atoms with Crippen LogP contribution in [0.5, 0.6) is 11.5 Å². The van der Waals surface area contributed by atoms with Crippen LogP contribution in [0, 0.1) is 0 Å². The first-order valence-electron chi connectivity index (χ1n) is 12.3. The van der Waals surface area contributed by atoms with Crippen LogP contribution >= 0.6 is 46.6 Å². The molecule has 0 bridgehead atoms. The number of fused-ring (bicyclic) bond motifs is 1. The van der Waals surface area contributed by atoms with Gasteiger partial charge >= 0.3 is 0 Å². The standard InChI is InChI=1S/C29H23Cl3N2O5S/c1-38-24-11-17(10-23(32)27(24)39-16-20-6-7-21(30)13-22(20)31)12-25-28(36)34(29(37)40-25)15-26(35)33-9-8-18-4-2-3-5-19(18)14-33/h2-7,10-13H,8-9,14-16H2,1H3/b25-12-. The van der Waals surface area contributed by atoms with Crippen molar-refractivity contribution in [3.63, 3.8) is 0 Å². The maximum Gasteiger partial charge on any atom is 0.294 e. The van der Waals surface area contributed by atoms with Crippen molar-refractivity contribution in [2.45, 2.75) is 19.6 Å². The molecular weight excluding hydrogens is 595 g/mol. The minimum absolute atomic E-state index is 0.126. The van der Waals surface area contributed by atoms with Gasteiger partial charge in [-0.15, -0.1) is 0 Å². The summed E-state index contributed by atoms with van der Waals surface area (Å²) >= 11 is 19.5. The number of hydrogen-bond acceptors (Lipinski definition) is 6. The summed E-state index contributed by atoms with van der Waals surface area (Å²) in [6, 6.07) is 16.3. The molecule has 2 aliphatic rings. The fourth-order valence-corrected chi connectivity index (χ4v) is 6.06. The summed E-state index contributed by atoms with van der Waals surface area (Å²) in [4.78, 5) is 41.6. The number of methoxy groups -OCH3 is 1. The van der Waals surface area contributed by atoms with Crippen LogP contribution in [0.25, 0.3) is 6.08 Å². The summed E-state index contributed by atoms with van der Waals surface area (Å²) in [7, 11) is 1.47. The summed E-state index contributed by atoms with van der Waals surface area (Å²) in [6.45, 7) is 0.812. The van der Waals surface area contributed by atoms with E-state index in [-0.39, 0.29) is 29.0 Å². The molecule has 0 aliphatic carbocycles. The molecule has 206 valence electrons. The lowest BCUT2D eigenvalue weighted by Crippen LogP contribution is -2.44. The monoisotopic (exact) mass is 616 g/mol. The number of amides is 3. The smallest absolute Gasteiger partial charge is 0.294 e. The van der Waals surface area contributed by atoms with E-state index in [1.165, 1.54) is 12.7 Å². The van der Waals surface area contributed by atoms with Gasteiger partial charge in [0.15, 0.2) is 11.5 Å². The second-order valence-corrected chi connectivity index (χ2v) is 11.4. The van der Waals surface area contributed by atoms with Crippen LogP contribution in [-0.4, -0.2) is 47.1 Å². The molecule has 1 saturated heterocycles. The number of thioether (sulfide) groups is 1. The lowest BCUT2D eigenvalue weighted by Gasteiger charge is -2.29. The quantitative estimate of drug-likeness (QED) is 0.270. The molecule has 0 saturated carbocycles. The fourth-order valence-electron chi connectivity index (χ4n) is 4.48. The van der Waals surface area contributed by atoms with Gasteiger partial charge in [0.05, 0.1) is 17.0 Å². The van der Waals surface area contributed by atoms with Gasteiger partial charge in [-0.25, -0.2) is 0 Å². The zero-order valence-corrected chi connectivity index (χ0v) is 24.4. The van der Waals surface area contributed by atoms with Gasteiger partial charge in [0.25, 0.3) is 11.1 Å². The summed E-state index contributed by atoms with van der Waals surface area (Å²) in [5.74, 6) is -0.170. The molecule has 2 heterocycles. The van der Waals surface area contributed by atoms with Gasteiger partial charge in [0.1, 0.15) is 13.2 Å². The zero-order valence-electron chi connectivity index (χ0n) is 21.3. The molecule has 0 radical (unpaired) electrons. The molecule has 0 N–H and O–H groups in total. The predicted molar refractivity (Wildman–Crippen MR) is 157 cm³/mol. The van der Waals surface area contributed by atoms with Crippen molar-refractivity contribution < 1.29 is 23.9 Å². The zero-order chi connectivity index (χ0) is 28.4. The Morgan fingerprint density at radius 1 is 1.02 bits per heavy atom. The molecule has 1 fully saturated rings. The summed E-state index contributed by atoms with van der Waals surface area (Å²) in [5.41, 5.74) is 3.53. The Hall–Kier alpha value is -3.17. The molecule has 7 nitrogen and oxygen atoms in total. The van der Waals surface area contributed by atoms with Gasteiger partial charge in [-0.1, -0.05) is 65.1 Å². The van der Waals surface area contributed by atoms with Gasteiger partial charge in [-0.3, -0.25) is 19.3 Å². The highest BCUT2D eigenvalue weighted by Gasteiger charge is 2.37. The summed E-state index contributed by atoms with van der Waals surface area (Å²) < 4.78 is 11.4. The Bertz CT molecular complexity index is 1540. The van der Waals surface area contributed by atoms with Gasteiger partial charge in [-0.05, 0) is 65.2 Å². The van der Waals surface area contributed by atoms with E-state index in [1.54, 1.807) is 41.3 Å². The van der Waals surface area contributed by atoms with Crippen molar-refractivity contribution in [1.82, 2.24) is 9.80 Å². The van der Waals surface area contributed by atoms with Crippen molar-refractivity contribution in [3.05, 3.63) is 96.8 Å². The molecule has 11 heteroatoms. The maximum atomic E-state index is 13.1. The van der Waals surface area contributed by atoms with Gasteiger partial charge in [0.2, 0.25) is 5.91 Å². The number of ether oxygens (including phenoxy) is 2.